The molecule has 0 bridgehead atoms. The lowest BCUT2D eigenvalue weighted by molar-refractivity contribution is -0.144. The van der Waals surface area contributed by atoms with E-state index in [-0.39, 0.29) is 6.54 Å². The molecule has 1 heterocycles. The van der Waals surface area contributed by atoms with Crippen molar-refractivity contribution < 1.29 is 34.2 Å². The van der Waals surface area contributed by atoms with Crippen molar-refractivity contribution in [1.82, 2.24) is 15.5 Å². The minimum absolute atomic E-state index is 0.266. The van der Waals surface area contributed by atoms with E-state index in [2.05, 4.69) is 10.6 Å². The topological polar surface area (TPSA) is 205 Å². The van der Waals surface area contributed by atoms with E-state index in [0.29, 0.717) is 19.4 Å². The number of nitrogens with two attached hydrogens (primary N) is 2. The largest absolute Gasteiger partial charge is 0.480 e. The number of hydrogen-bond acceptors (Lipinski definition) is 7. The minimum Gasteiger partial charge on any atom is -0.480 e. The Morgan fingerprint density at radius 2 is 1.85 bits per heavy atom. The van der Waals surface area contributed by atoms with Gasteiger partial charge in [0.05, 0.1) is 19.1 Å². The molecule has 1 fully saturated rings. The van der Waals surface area contributed by atoms with Crippen molar-refractivity contribution in [3.8, 4) is 0 Å². The third-order valence-electron chi connectivity index (χ3n) is 4.13. The van der Waals surface area contributed by atoms with Crippen LogP contribution in [0.15, 0.2) is 0 Å². The summed E-state index contributed by atoms with van der Waals surface area (Å²) in [6.45, 7) is 1.31. The number of hydrogen-bond donors (Lipinski definition) is 6. The van der Waals surface area contributed by atoms with Crippen LogP contribution in [-0.2, 0) is 24.0 Å². The van der Waals surface area contributed by atoms with Crippen molar-refractivity contribution in [2.24, 2.45) is 11.5 Å². The maximum Gasteiger partial charge on any atom is 0.326 e. The SMILES string of the molecule is CC(O)C(NC(=O)C1CCCN1C(=O)CN)C(=O)NC(CC(N)=O)C(=O)O. The van der Waals surface area contributed by atoms with Gasteiger partial charge in [0.15, 0.2) is 0 Å². The van der Waals surface area contributed by atoms with Crippen molar-refractivity contribution in [3.05, 3.63) is 0 Å². The Labute approximate surface area is 155 Å². The van der Waals surface area contributed by atoms with Gasteiger partial charge in [-0.2, -0.15) is 0 Å². The molecule has 1 saturated heterocycles. The number of nitrogens with zero attached hydrogens (tertiary/aromatic N) is 1. The van der Waals surface area contributed by atoms with E-state index >= 15 is 0 Å². The Morgan fingerprint density at radius 1 is 1.22 bits per heavy atom. The second-order valence-corrected chi connectivity index (χ2v) is 6.25. The van der Waals surface area contributed by atoms with Crippen LogP contribution in [0.25, 0.3) is 0 Å². The zero-order valence-electron chi connectivity index (χ0n) is 14.9. The van der Waals surface area contributed by atoms with Gasteiger partial charge >= 0.3 is 5.97 Å². The number of carbonyl (C=O) groups is 5. The second-order valence-electron chi connectivity index (χ2n) is 6.25. The molecular weight excluding hydrogens is 362 g/mol. The van der Waals surface area contributed by atoms with Crippen molar-refractivity contribution in [1.29, 1.82) is 0 Å². The number of primary amides is 1. The molecule has 0 radical (unpaired) electrons. The van der Waals surface area contributed by atoms with Gasteiger partial charge in [0.25, 0.3) is 0 Å². The second kappa shape index (κ2) is 9.83. The quantitative estimate of drug-likeness (QED) is 0.231. The van der Waals surface area contributed by atoms with E-state index in [1.54, 1.807) is 0 Å². The predicted octanol–water partition coefficient (Wildman–Crippen LogP) is -3.75. The van der Waals surface area contributed by atoms with Gasteiger partial charge in [-0.3, -0.25) is 19.2 Å². The third-order valence-corrected chi connectivity index (χ3v) is 4.13. The monoisotopic (exact) mass is 387 g/mol. The fourth-order valence-electron chi connectivity index (χ4n) is 2.77. The molecule has 8 N–H and O–H groups in total. The first-order valence-electron chi connectivity index (χ1n) is 8.38. The van der Waals surface area contributed by atoms with Gasteiger partial charge in [-0.1, -0.05) is 0 Å². The average Bonchev–Trinajstić information content (AvgIpc) is 3.06. The molecule has 1 rings (SSSR count). The summed E-state index contributed by atoms with van der Waals surface area (Å²) >= 11 is 0. The number of rotatable bonds is 9. The van der Waals surface area contributed by atoms with Crippen LogP contribution in [0.5, 0.6) is 0 Å². The first-order chi connectivity index (χ1) is 12.6. The highest BCUT2D eigenvalue weighted by Crippen LogP contribution is 2.17. The van der Waals surface area contributed by atoms with E-state index in [0.717, 1.165) is 0 Å². The predicted molar refractivity (Wildman–Crippen MR) is 90.8 cm³/mol. The van der Waals surface area contributed by atoms with E-state index in [4.69, 9.17) is 16.6 Å². The number of likely N-dealkylation sites (tertiary alicyclic amines) is 1. The molecule has 0 saturated carbocycles. The molecule has 4 unspecified atom stereocenters. The number of carboxylic acids is 1. The summed E-state index contributed by atoms with van der Waals surface area (Å²) in [5.41, 5.74) is 10.3. The maximum absolute atomic E-state index is 12.5. The molecule has 12 nitrogen and oxygen atoms in total. The highest BCUT2D eigenvalue weighted by Gasteiger charge is 2.37. The summed E-state index contributed by atoms with van der Waals surface area (Å²) in [6, 6.07) is -3.92. The van der Waals surface area contributed by atoms with Gasteiger partial charge in [0.1, 0.15) is 18.1 Å². The Bertz CT molecular complexity index is 609. The first kappa shape index (κ1) is 22.3. The number of carbonyl (C=O) groups excluding carboxylic acids is 4. The summed E-state index contributed by atoms with van der Waals surface area (Å²) in [5.74, 6) is -4.52. The van der Waals surface area contributed by atoms with E-state index in [1.165, 1.54) is 11.8 Å². The highest BCUT2D eigenvalue weighted by atomic mass is 16.4. The molecule has 4 amide bonds. The number of aliphatic hydroxyl groups excluding tert-OH is 1. The van der Waals surface area contributed by atoms with Crippen LogP contribution in [0.1, 0.15) is 26.2 Å². The Hall–Kier alpha value is -2.73. The van der Waals surface area contributed by atoms with E-state index in [1.807, 2.05) is 0 Å². The van der Waals surface area contributed by atoms with Crippen LogP contribution in [0, 0.1) is 0 Å². The minimum atomic E-state index is -1.60. The fraction of sp³-hybridized carbons (Fsp3) is 0.667. The summed E-state index contributed by atoms with van der Waals surface area (Å²) in [6.07, 6.45) is -1.07. The summed E-state index contributed by atoms with van der Waals surface area (Å²) in [4.78, 5) is 59.9. The van der Waals surface area contributed by atoms with Crippen LogP contribution in [-0.4, -0.2) is 82.0 Å². The van der Waals surface area contributed by atoms with Gasteiger partial charge in [0, 0.05) is 6.54 Å². The summed E-state index contributed by atoms with van der Waals surface area (Å²) in [5, 5.41) is 23.2. The smallest absolute Gasteiger partial charge is 0.326 e. The van der Waals surface area contributed by atoms with Gasteiger partial charge in [-0.15, -0.1) is 0 Å². The molecule has 0 aromatic rings. The Morgan fingerprint density at radius 3 is 2.33 bits per heavy atom. The maximum atomic E-state index is 12.5. The zero-order chi connectivity index (χ0) is 20.7. The normalized spacial score (nSPS) is 19.7. The molecular formula is C15H25N5O7. The number of amides is 4. The van der Waals surface area contributed by atoms with Crippen LogP contribution in [0.4, 0.5) is 0 Å². The molecule has 27 heavy (non-hydrogen) atoms. The number of carboxylic acid groups (broad SMARTS) is 1. The highest BCUT2D eigenvalue weighted by molar-refractivity contribution is 5.95. The van der Waals surface area contributed by atoms with Crippen LogP contribution >= 0.6 is 0 Å². The van der Waals surface area contributed by atoms with Crippen molar-refractivity contribution in [2.45, 2.75) is 50.4 Å². The van der Waals surface area contributed by atoms with Crippen LogP contribution in [0.2, 0.25) is 0 Å². The lowest BCUT2D eigenvalue weighted by Gasteiger charge is -2.27. The van der Waals surface area contributed by atoms with Gasteiger partial charge < -0.3 is 37.2 Å². The van der Waals surface area contributed by atoms with Crippen molar-refractivity contribution >= 4 is 29.6 Å². The molecule has 0 aliphatic carbocycles. The standard InChI is InChI=1S/C15H25N5O7/c1-7(21)12(14(25)18-8(15(26)27)5-10(17)22)19-13(24)9-3-2-4-20(9)11(23)6-16/h7-9,12,21H,2-6,16H2,1H3,(H2,17,22)(H,18,25)(H,19,24)(H,26,27). The summed E-state index contributed by atoms with van der Waals surface area (Å²) in [7, 11) is 0. The number of aliphatic carboxylic acids is 1. The Balaban J connectivity index is 2.84. The summed E-state index contributed by atoms with van der Waals surface area (Å²) < 4.78 is 0. The molecule has 152 valence electrons. The molecule has 4 atom stereocenters. The lowest BCUT2D eigenvalue weighted by atomic mass is 10.1. The zero-order valence-corrected chi connectivity index (χ0v) is 14.9. The molecule has 1 aliphatic heterocycles. The van der Waals surface area contributed by atoms with Crippen molar-refractivity contribution in [2.75, 3.05) is 13.1 Å². The number of nitrogens with one attached hydrogen (secondary N) is 2. The van der Waals surface area contributed by atoms with Gasteiger partial charge in [-0.25, -0.2) is 4.79 Å². The molecule has 0 spiro atoms. The van der Waals surface area contributed by atoms with Crippen LogP contribution < -0.4 is 22.1 Å². The molecule has 1 aliphatic rings. The fourth-order valence-corrected chi connectivity index (χ4v) is 2.77. The van der Waals surface area contributed by atoms with Crippen molar-refractivity contribution in [3.63, 3.8) is 0 Å². The molecule has 0 aromatic heterocycles. The average molecular weight is 387 g/mol. The lowest BCUT2D eigenvalue weighted by Crippen LogP contribution is -2.59. The molecule has 12 heteroatoms. The third kappa shape index (κ3) is 6.18. The number of aliphatic hydroxyl groups is 1. The first-order valence-corrected chi connectivity index (χ1v) is 8.38. The van der Waals surface area contributed by atoms with Gasteiger partial charge in [0.2, 0.25) is 23.6 Å². The van der Waals surface area contributed by atoms with Crippen LogP contribution in [0.3, 0.4) is 0 Å². The van der Waals surface area contributed by atoms with Gasteiger partial charge in [-0.05, 0) is 19.8 Å². The Kier molecular flexibility index (Phi) is 8.12. The van der Waals surface area contributed by atoms with E-state index in [9.17, 15) is 29.1 Å². The van der Waals surface area contributed by atoms with E-state index < -0.39 is 60.2 Å². The molecule has 0 aromatic carbocycles.